The number of carboxylic acid groups (broad SMARTS) is 1. The Labute approximate surface area is 147 Å². The quantitative estimate of drug-likeness (QED) is 0.774. The van der Waals surface area contributed by atoms with Gasteiger partial charge in [-0.1, -0.05) is 30.3 Å². The Morgan fingerprint density at radius 1 is 1.04 bits per heavy atom. The Kier molecular flexibility index (Phi) is 6.57. The van der Waals surface area contributed by atoms with E-state index < -0.39 is 5.97 Å². The number of aryl methyl sites for hydroxylation is 2. The molecule has 0 unspecified atom stereocenters. The molecule has 0 heterocycles. The monoisotopic (exact) mass is 341 g/mol. The number of carbonyl (C=O) groups is 2. The van der Waals surface area contributed by atoms with Crippen molar-refractivity contribution in [1.82, 2.24) is 5.32 Å². The maximum Gasteiger partial charge on any atom is 0.341 e. The summed E-state index contributed by atoms with van der Waals surface area (Å²) in [4.78, 5) is 22.6. The van der Waals surface area contributed by atoms with E-state index in [1.807, 2.05) is 44.2 Å². The van der Waals surface area contributed by atoms with Gasteiger partial charge in [-0.05, 0) is 54.7 Å². The normalized spacial score (nSPS) is 10.3. The van der Waals surface area contributed by atoms with Crippen molar-refractivity contribution in [3.05, 3.63) is 64.7 Å². The molecule has 132 valence electrons. The molecule has 0 bridgehead atoms. The van der Waals surface area contributed by atoms with Gasteiger partial charge in [0.15, 0.2) is 6.61 Å². The molecule has 1 amide bonds. The molecule has 2 aromatic carbocycles. The first-order valence-corrected chi connectivity index (χ1v) is 8.21. The summed E-state index contributed by atoms with van der Waals surface area (Å²) in [5.41, 5.74) is 4.40. The molecule has 0 saturated carbocycles. The average molecular weight is 341 g/mol. The van der Waals surface area contributed by atoms with Gasteiger partial charge in [0, 0.05) is 6.54 Å². The highest BCUT2D eigenvalue weighted by molar-refractivity contribution is 5.79. The van der Waals surface area contributed by atoms with Gasteiger partial charge in [0.25, 0.3) is 0 Å². The molecule has 5 nitrogen and oxygen atoms in total. The summed E-state index contributed by atoms with van der Waals surface area (Å²) in [6.45, 7) is 4.24. The van der Waals surface area contributed by atoms with Crippen LogP contribution >= 0.6 is 0 Å². The third kappa shape index (κ3) is 5.95. The molecule has 0 fully saturated rings. The zero-order valence-electron chi connectivity index (χ0n) is 14.5. The molecule has 0 aliphatic heterocycles. The van der Waals surface area contributed by atoms with Crippen LogP contribution in [0.5, 0.6) is 5.75 Å². The molecule has 0 aliphatic rings. The van der Waals surface area contributed by atoms with Crippen molar-refractivity contribution in [3.8, 4) is 5.75 Å². The number of nitrogens with one attached hydrogen (secondary N) is 1. The summed E-state index contributed by atoms with van der Waals surface area (Å²) < 4.78 is 5.08. The Balaban J connectivity index is 1.78. The van der Waals surface area contributed by atoms with E-state index in [2.05, 4.69) is 5.32 Å². The Morgan fingerprint density at radius 2 is 1.68 bits per heavy atom. The number of carboxylic acids is 1. The molecule has 0 aromatic heterocycles. The lowest BCUT2D eigenvalue weighted by molar-refractivity contribution is -0.139. The van der Waals surface area contributed by atoms with E-state index in [0.29, 0.717) is 25.1 Å². The van der Waals surface area contributed by atoms with E-state index in [1.165, 1.54) is 0 Å². The SMILES string of the molecule is Cc1cccc(C)c1CC(=O)NCCc1ccc(OCC(=O)O)cc1. The Morgan fingerprint density at radius 3 is 2.28 bits per heavy atom. The molecular formula is C20H23NO4. The van der Waals surface area contributed by atoms with Crippen LogP contribution in [-0.4, -0.2) is 30.1 Å². The molecule has 0 aliphatic carbocycles. The van der Waals surface area contributed by atoms with Crippen LogP contribution in [0.1, 0.15) is 22.3 Å². The van der Waals surface area contributed by atoms with Crippen molar-refractivity contribution in [3.63, 3.8) is 0 Å². The molecule has 5 heteroatoms. The first-order chi connectivity index (χ1) is 12.0. The predicted octanol–water partition coefficient (Wildman–Crippen LogP) is 2.67. The zero-order valence-corrected chi connectivity index (χ0v) is 14.5. The van der Waals surface area contributed by atoms with E-state index in [9.17, 15) is 9.59 Å². The second-order valence-electron chi connectivity index (χ2n) is 5.97. The van der Waals surface area contributed by atoms with Crippen LogP contribution in [0.4, 0.5) is 0 Å². The highest BCUT2D eigenvalue weighted by atomic mass is 16.5. The van der Waals surface area contributed by atoms with Crippen LogP contribution in [0.3, 0.4) is 0 Å². The highest BCUT2D eigenvalue weighted by Crippen LogP contribution is 2.14. The second kappa shape index (κ2) is 8.87. The predicted molar refractivity (Wildman–Crippen MR) is 95.9 cm³/mol. The van der Waals surface area contributed by atoms with Crippen molar-refractivity contribution >= 4 is 11.9 Å². The van der Waals surface area contributed by atoms with Crippen molar-refractivity contribution < 1.29 is 19.4 Å². The first kappa shape index (κ1) is 18.5. The largest absolute Gasteiger partial charge is 0.482 e. The third-order valence-corrected chi connectivity index (χ3v) is 4.00. The summed E-state index contributed by atoms with van der Waals surface area (Å²) in [6.07, 6.45) is 1.10. The van der Waals surface area contributed by atoms with Gasteiger partial charge in [0.2, 0.25) is 5.91 Å². The third-order valence-electron chi connectivity index (χ3n) is 4.00. The van der Waals surface area contributed by atoms with Gasteiger partial charge in [-0.3, -0.25) is 4.79 Å². The molecule has 2 aromatic rings. The number of carbonyl (C=O) groups excluding carboxylic acids is 1. The fraction of sp³-hybridized carbons (Fsp3) is 0.300. The highest BCUT2D eigenvalue weighted by Gasteiger charge is 2.08. The van der Waals surface area contributed by atoms with Crippen molar-refractivity contribution in [1.29, 1.82) is 0 Å². The van der Waals surface area contributed by atoms with Gasteiger partial charge in [-0.2, -0.15) is 0 Å². The number of amides is 1. The number of benzene rings is 2. The summed E-state index contributed by atoms with van der Waals surface area (Å²) in [5.74, 6) is -0.472. The van der Waals surface area contributed by atoms with E-state index in [1.54, 1.807) is 12.1 Å². The summed E-state index contributed by atoms with van der Waals surface area (Å²) >= 11 is 0. The van der Waals surface area contributed by atoms with E-state index >= 15 is 0 Å². The van der Waals surface area contributed by atoms with Crippen LogP contribution in [-0.2, 0) is 22.4 Å². The summed E-state index contributed by atoms with van der Waals surface area (Å²) in [6, 6.07) is 13.2. The van der Waals surface area contributed by atoms with E-state index in [-0.39, 0.29) is 12.5 Å². The lowest BCUT2D eigenvalue weighted by Crippen LogP contribution is -2.27. The van der Waals surface area contributed by atoms with E-state index in [4.69, 9.17) is 9.84 Å². The molecule has 0 atom stereocenters. The summed E-state index contributed by atoms with van der Waals surface area (Å²) in [5, 5.41) is 11.5. The number of rotatable bonds is 8. The summed E-state index contributed by atoms with van der Waals surface area (Å²) in [7, 11) is 0. The smallest absolute Gasteiger partial charge is 0.341 e. The van der Waals surface area contributed by atoms with Crippen molar-refractivity contribution in [2.45, 2.75) is 26.7 Å². The minimum atomic E-state index is -1.00. The molecule has 2 rings (SSSR count). The van der Waals surface area contributed by atoms with Gasteiger partial charge < -0.3 is 15.2 Å². The standard InChI is InChI=1S/C20H23NO4/c1-14-4-3-5-15(2)18(14)12-19(22)21-11-10-16-6-8-17(9-7-16)25-13-20(23)24/h3-9H,10-13H2,1-2H3,(H,21,22)(H,23,24). The second-order valence-corrected chi connectivity index (χ2v) is 5.97. The van der Waals surface area contributed by atoms with Crippen molar-refractivity contribution in [2.75, 3.05) is 13.2 Å². The van der Waals surface area contributed by atoms with Gasteiger partial charge in [-0.15, -0.1) is 0 Å². The molecule has 0 spiro atoms. The maximum atomic E-state index is 12.1. The lowest BCUT2D eigenvalue weighted by atomic mass is 10.00. The molecule has 25 heavy (non-hydrogen) atoms. The molecule has 2 N–H and O–H groups in total. The molecule has 0 saturated heterocycles. The lowest BCUT2D eigenvalue weighted by Gasteiger charge is -2.10. The minimum Gasteiger partial charge on any atom is -0.482 e. The van der Waals surface area contributed by atoms with Crippen LogP contribution < -0.4 is 10.1 Å². The van der Waals surface area contributed by atoms with Gasteiger partial charge in [0.05, 0.1) is 6.42 Å². The van der Waals surface area contributed by atoms with Crippen molar-refractivity contribution in [2.24, 2.45) is 0 Å². The Bertz CT molecular complexity index is 718. The fourth-order valence-electron chi connectivity index (χ4n) is 2.59. The van der Waals surface area contributed by atoms with Gasteiger partial charge >= 0.3 is 5.97 Å². The fourth-order valence-corrected chi connectivity index (χ4v) is 2.59. The number of hydrogen-bond acceptors (Lipinski definition) is 3. The number of aliphatic carboxylic acids is 1. The maximum absolute atomic E-state index is 12.1. The number of hydrogen-bond donors (Lipinski definition) is 2. The van der Waals surface area contributed by atoms with Crippen LogP contribution in [0.15, 0.2) is 42.5 Å². The van der Waals surface area contributed by atoms with E-state index in [0.717, 1.165) is 22.3 Å². The first-order valence-electron chi connectivity index (χ1n) is 8.21. The Hall–Kier alpha value is -2.82. The zero-order chi connectivity index (χ0) is 18.2. The topological polar surface area (TPSA) is 75.6 Å². The van der Waals surface area contributed by atoms with Crippen LogP contribution in [0, 0.1) is 13.8 Å². The van der Waals surface area contributed by atoms with Crippen LogP contribution in [0.25, 0.3) is 0 Å². The minimum absolute atomic E-state index is 0.0128. The number of ether oxygens (including phenoxy) is 1. The average Bonchev–Trinajstić information content (AvgIpc) is 2.57. The molecule has 0 radical (unpaired) electrons. The van der Waals surface area contributed by atoms with Gasteiger partial charge in [-0.25, -0.2) is 4.79 Å². The van der Waals surface area contributed by atoms with Crippen LogP contribution in [0.2, 0.25) is 0 Å². The molecular weight excluding hydrogens is 318 g/mol. The van der Waals surface area contributed by atoms with Gasteiger partial charge in [0.1, 0.15) is 5.75 Å².